The van der Waals surface area contributed by atoms with Crippen LogP contribution in [0.2, 0.25) is 0 Å². The van der Waals surface area contributed by atoms with Crippen LogP contribution in [-0.4, -0.2) is 13.0 Å². The fourth-order valence-corrected chi connectivity index (χ4v) is 12.5. The van der Waals surface area contributed by atoms with Gasteiger partial charge in [0, 0.05) is 5.56 Å². The number of fused-ring (bicyclic) bond motifs is 5. The maximum atomic E-state index is 12.0. The molecule has 0 radical (unpaired) electrons. The van der Waals surface area contributed by atoms with Gasteiger partial charge in [0.05, 0.1) is 7.11 Å². The number of allylic oxidation sites excluding steroid dienone is 1. The molecule has 0 aliphatic heterocycles. The van der Waals surface area contributed by atoms with E-state index in [1.807, 2.05) is 32.0 Å². The van der Waals surface area contributed by atoms with Crippen molar-refractivity contribution < 1.29 is 9.63 Å². The first-order chi connectivity index (χ1) is 37.3. The zero-order valence-electron chi connectivity index (χ0n) is 51.1. The van der Waals surface area contributed by atoms with E-state index in [1.54, 1.807) is 0 Å². The maximum absolute atomic E-state index is 12.0. The minimum atomic E-state index is -0.238. The Bertz CT molecular complexity index is 3520. The van der Waals surface area contributed by atoms with Crippen molar-refractivity contribution in [3.8, 4) is 22.3 Å². The molecule has 0 saturated heterocycles. The molecule has 0 atom stereocenters. The second-order valence-electron chi connectivity index (χ2n) is 26.8. The van der Waals surface area contributed by atoms with Gasteiger partial charge in [-0.05, 0) is 203 Å². The highest BCUT2D eigenvalue weighted by Gasteiger charge is 2.39. The molecule has 420 valence electrons. The van der Waals surface area contributed by atoms with E-state index < -0.39 is 0 Å². The highest BCUT2D eigenvalue weighted by atomic mass is 16.6. The molecule has 1 N–H and O–H groups in total. The monoisotopic (exact) mass is 1070 g/mol. The number of nitrogens with one attached hydrogen (secondary N) is 1. The second kappa shape index (κ2) is 23.9. The molecular weight excluding hydrogens is 971 g/mol. The molecule has 0 heterocycles. The first-order valence-corrected chi connectivity index (χ1v) is 29.3. The summed E-state index contributed by atoms with van der Waals surface area (Å²) >= 11 is 0. The zero-order chi connectivity index (χ0) is 57.3. The van der Waals surface area contributed by atoms with Crippen LogP contribution in [0.5, 0.6) is 0 Å². The van der Waals surface area contributed by atoms with Crippen LogP contribution in [0.3, 0.4) is 0 Å². The minimum absolute atomic E-state index is 0. The van der Waals surface area contributed by atoms with Gasteiger partial charge >= 0.3 is 0 Å². The van der Waals surface area contributed by atoms with Crippen LogP contribution in [0, 0.1) is 6.92 Å². The van der Waals surface area contributed by atoms with Crippen molar-refractivity contribution in [1.82, 2.24) is 5.48 Å². The predicted octanol–water partition coefficient (Wildman–Crippen LogP) is 21.6. The van der Waals surface area contributed by atoms with Crippen LogP contribution < -0.4 is 5.48 Å². The average molecular weight is 1070 g/mol. The third kappa shape index (κ3) is 13.1. The van der Waals surface area contributed by atoms with Crippen molar-refractivity contribution in [2.45, 2.75) is 189 Å². The van der Waals surface area contributed by atoms with Gasteiger partial charge in [0.25, 0.3) is 5.91 Å². The molecule has 3 heteroatoms. The molecule has 80 heavy (non-hydrogen) atoms. The number of aryl methyl sites for hydroxylation is 1. The van der Waals surface area contributed by atoms with Gasteiger partial charge in [-0.1, -0.05) is 249 Å². The lowest BCUT2D eigenvalue weighted by molar-refractivity contribution is 0.0538. The number of rotatable bonds is 6. The van der Waals surface area contributed by atoms with E-state index in [4.69, 9.17) is 4.84 Å². The molecule has 3 nitrogen and oxygen atoms in total. The molecule has 11 rings (SSSR count). The molecule has 0 saturated carbocycles. The molecule has 0 fully saturated rings. The Morgan fingerprint density at radius 1 is 0.412 bits per heavy atom. The highest BCUT2D eigenvalue weighted by Crippen LogP contribution is 2.49. The Hall–Kier alpha value is -6.55. The van der Waals surface area contributed by atoms with Gasteiger partial charge in [-0.2, -0.15) is 0 Å². The van der Waals surface area contributed by atoms with E-state index in [0.717, 1.165) is 10.8 Å². The topological polar surface area (TPSA) is 38.3 Å². The number of hydrogen-bond donors (Lipinski definition) is 1. The van der Waals surface area contributed by atoms with Crippen molar-refractivity contribution in [3.05, 3.63) is 213 Å². The summed E-state index contributed by atoms with van der Waals surface area (Å²) in [4.78, 5) is 16.7. The lowest BCUT2D eigenvalue weighted by Gasteiger charge is -2.42. The van der Waals surface area contributed by atoms with Crippen molar-refractivity contribution in [2.24, 2.45) is 0 Å². The van der Waals surface area contributed by atoms with Crippen molar-refractivity contribution in [1.29, 1.82) is 0 Å². The van der Waals surface area contributed by atoms with Crippen LogP contribution in [-0.2, 0) is 37.3 Å². The van der Waals surface area contributed by atoms with Crippen LogP contribution in [0.15, 0.2) is 158 Å². The quantitative estimate of drug-likeness (QED) is 0.133. The number of hydrogen-bond acceptors (Lipinski definition) is 2. The maximum Gasteiger partial charge on any atom is 0.274 e. The summed E-state index contributed by atoms with van der Waals surface area (Å²) in [6.07, 6.45) is 9.77. The number of hydroxylamine groups is 1. The SMILES string of the molecule is C.C/C(=C\c1ccccc1)c1ccc2c(c1)C(C)(C)CCC2(C)C.CC.CONC(=O)c1ccc2cc(-c3ccc4c(c3)C(C)(C)CCC4(C)C)ccc2c1.Cc1ccc2cc(-c3ccc4c(c3)C(C)(C)CCC4(C)C)ccc2c1. The summed E-state index contributed by atoms with van der Waals surface area (Å²) in [5.41, 5.74) is 23.9. The van der Waals surface area contributed by atoms with Gasteiger partial charge in [0.1, 0.15) is 0 Å². The lowest BCUT2D eigenvalue weighted by Crippen LogP contribution is -2.33. The molecule has 3 aliphatic rings. The smallest absolute Gasteiger partial charge is 0.274 e. The van der Waals surface area contributed by atoms with E-state index in [1.165, 1.54) is 134 Å². The molecule has 0 aromatic heterocycles. The number of amides is 1. The van der Waals surface area contributed by atoms with Crippen molar-refractivity contribution in [2.75, 3.05) is 7.11 Å². The van der Waals surface area contributed by atoms with Gasteiger partial charge in [0.15, 0.2) is 0 Å². The lowest BCUT2D eigenvalue weighted by atomic mass is 9.63. The summed E-state index contributed by atoms with van der Waals surface area (Å²) in [6, 6.07) is 57.5. The molecule has 0 unspecified atom stereocenters. The van der Waals surface area contributed by atoms with E-state index >= 15 is 0 Å². The van der Waals surface area contributed by atoms with Gasteiger partial charge in [-0.15, -0.1) is 0 Å². The number of carbonyl (C=O) groups excluding carboxylic acids is 1. The van der Waals surface area contributed by atoms with E-state index in [2.05, 4.69) is 248 Å². The standard InChI is InChI=1S/C26H29NO2.C25H28.C23H28.C2H6.CH4/c1-25(2)12-13-26(3,4)23-16-20(10-11-22(23)25)18-6-7-19-15-21(24(28)27-29-5)9-8-17(19)14-18;1-17-6-7-19-15-20(9-8-18(19)14-17)21-10-11-22-23(16-21)25(4,5)13-12-24(22,2)3;1-17(15-18-9-7-6-8-10-18)19-11-12-20-21(16-19)23(4,5)14-13-22(20,2)3;1-2;/h6-11,14-16H,12-13H2,1-5H3,(H,27,28);6-11,14-16H,12-13H2,1-5H3;6-12,15-16H,13-14H2,1-5H3;1-2H3;1H4/b;;17-15+;;. The minimum Gasteiger partial charge on any atom is -0.277 e. The summed E-state index contributed by atoms with van der Waals surface area (Å²) in [5, 5.41) is 4.80. The molecule has 1 amide bonds. The Kier molecular flexibility index (Phi) is 18.2. The fourth-order valence-electron chi connectivity index (χ4n) is 12.5. The molecule has 8 aromatic rings. The van der Waals surface area contributed by atoms with Crippen LogP contribution in [0.25, 0.3) is 55.4 Å². The molecule has 0 spiro atoms. The first-order valence-electron chi connectivity index (χ1n) is 29.3. The Balaban J connectivity index is 0.000000171. The third-order valence-electron chi connectivity index (χ3n) is 18.2. The first kappa shape index (κ1) is 61.1. The number of benzene rings is 8. The van der Waals surface area contributed by atoms with Gasteiger partial charge in [-0.3, -0.25) is 9.63 Å². The normalized spacial score (nSPS) is 17.4. The Labute approximate surface area is 483 Å². The highest BCUT2D eigenvalue weighted by molar-refractivity contribution is 5.99. The van der Waals surface area contributed by atoms with Crippen LogP contribution >= 0.6 is 0 Å². The molecule has 3 aliphatic carbocycles. The fraction of sp³-hybridized carbons (Fsp3) is 0.390. The van der Waals surface area contributed by atoms with E-state index in [-0.39, 0.29) is 40.4 Å². The second-order valence-corrected chi connectivity index (χ2v) is 26.8. The van der Waals surface area contributed by atoms with Gasteiger partial charge < -0.3 is 0 Å². The summed E-state index contributed by atoms with van der Waals surface area (Å²) in [7, 11) is 1.44. The Morgan fingerprint density at radius 2 is 0.762 bits per heavy atom. The zero-order valence-corrected chi connectivity index (χ0v) is 51.1. The van der Waals surface area contributed by atoms with Crippen molar-refractivity contribution in [3.63, 3.8) is 0 Å². The van der Waals surface area contributed by atoms with E-state index in [0.29, 0.717) is 11.0 Å². The summed E-state index contributed by atoms with van der Waals surface area (Å²) < 4.78 is 0. The van der Waals surface area contributed by atoms with Gasteiger partial charge in [0.2, 0.25) is 0 Å². The largest absolute Gasteiger partial charge is 0.277 e. The summed E-state index contributed by atoms with van der Waals surface area (Å²) in [6.45, 7) is 36.9. The molecular formula is C77H95NO2. The van der Waals surface area contributed by atoms with Crippen molar-refractivity contribution >= 4 is 39.1 Å². The summed E-state index contributed by atoms with van der Waals surface area (Å²) in [5.74, 6) is -0.238. The Morgan fingerprint density at radius 3 is 1.23 bits per heavy atom. The van der Waals surface area contributed by atoms with Crippen LogP contribution in [0.4, 0.5) is 0 Å². The predicted molar refractivity (Wildman–Crippen MR) is 348 cm³/mol. The number of carbonyl (C=O) groups is 1. The average Bonchev–Trinajstić information content (AvgIpc) is 3.49. The van der Waals surface area contributed by atoms with Gasteiger partial charge in [-0.25, -0.2) is 5.48 Å². The molecule has 8 aromatic carbocycles. The van der Waals surface area contributed by atoms with Crippen LogP contribution in [0.1, 0.15) is 210 Å². The third-order valence-corrected chi connectivity index (χ3v) is 18.2. The molecule has 0 bridgehead atoms. The van der Waals surface area contributed by atoms with E-state index in [9.17, 15) is 4.79 Å².